The Hall–Kier alpha value is -3.70. The Morgan fingerprint density at radius 2 is 1.76 bits per heavy atom. The molecule has 0 aliphatic carbocycles. The Bertz CT molecular complexity index is 1530. The van der Waals surface area contributed by atoms with Crippen LogP contribution in [0.1, 0.15) is 24.0 Å². The Morgan fingerprint density at radius 3 is 2.49 bits per heavy atom. The Morgan fingerprint density at radius 1 is 1.00 bits per heavy atom. The minimum absolute atomic E-state index is 0.111. The van der Waals surface area contributed by atoms with E-state index >= 15 is 0 Å². The minimum Gasteiger partial charge on any atom is -0.460 e. The molecule has 0 spiro atoms. The van der Waals surface area contributed by atoms with Gasteiger partial charge < -0.3 is 10.1 Å². The number of fused-ring (bicyclic) bond motifs is 1. The first-order chi connectivity index (χ1) is 17.8. The molecule has 3 heterocycles. The zero-order valence-electron chi connectivity index (χ0n) is 20.1. The van der Waals surface area contributed by atoms with Crippen LogP contribution in [0.5, 0.6) is 6.01 Å². The number of aryl methyl sites for hydroxylation is 1. The quantitative estimate of drug-likeness (QED) is 0.381. The van der Waals surface area contributed by atoms with Gasteiger partial charge in [-0.15, -0.1) is 0 Å². The maximum atomic E-state index is 14.8. The summed E-state index contributed by atoms with van der Waals surface area (Å²) in [6, 6.07) is 10.5. The number of aromatic nitrogens is 3. The number of anilines is 1. The molecule has 1 aliphatic rings. The smallest absolute Gasteiger partial charge is 0.316 e. The molecule has 2 aromatic heterocycles. The van der Waals surface area contributed by atoms with Crippen LogP contribution < -0.4 is 10.1 Å². The van der Waals surface area contributed by atoms with Gasteiger partial charge in [0.25, 0.3) is 0 Å². The number of sulfonamides is 1. The zero-order valence-corrected chi connectivity index (χ0v) is 20.9. The van der Waals surface area contributed by atoms with Gasteiger partial charge in [-0.3, -0.25) is 4.98 Å². The number of piperidine rings is 1. The molecule has 1 N–H and O–H groups in total. The Kier molecular flexibility index (Phi) is 6.98. The summed E-state index contributed by atoms with van der Waals surface area (Å²) < 4.78 is 62.0. The predicted molar refractivity (Wildman–Crippen MR) is 135 cm³/mol. The fourth-order valence-corrected chi connectivity index (χ4v) is 5.67. The topological polar surface area (TPSA) is 97.3 Å². The number of rotatable bonds is 7. The van der Waals surface area contributed by atoms with E-state index in [0.29, 0.717) is 18.2 Å². The molecular weight excluding hydrogens is 500 g/mol. The van der Waals surface area contributed by atoms with Crippen LogP contribution in [0.25, 0.3) is 10.9 Å². The molecule has 5 rings (SSSR count). The van der Waals surface area contributed by atoms with E-state index in [2.05, 4.69) is 20.3 Å². The summed E-state index contributed by atoms with van der Waals surface area (Å²) in [6.07, 6.45) is 5.60. The number of hydrogen-bond donors (Lipinski definition) is 1. The van der Waals surface area contributed by atoms with E-state index in [-0.39, 0.29) is 47.8 Å². The minimum atomic E-state index is -3.87. The second-order valence-electron chi connectivity index (χ2n) is 8.91. The van der Waals surface area contributed by atoms with Crippen LogP contribution in [-0.2, 0) is 16.6 Å². The third-order valence-electron chi connectivity index (χ3n) is 6.21. The summed E-state index contributed by atoms with van der Waals surface area (Å²) in [4.78, 5) is 12.3. The molecule has 0 radical (unpaired) electrons. The van der Waals surface area contributed by atoms with Crippen LogP contribution in [0, 0.1) is 18.6 Å². The zero-order chi connectivity index (χ0) is 26.0. The van der Waals surface area contributed by atoms with Crippen molar-refractivity contribution in [2.75, 3.05) is 18.4 Å². The van der Waals surface area contributed by atoms with Gasteiger partial charge in [0.1, 0.15) is 23.3 Å². The standard InChI is InChI=1S/C26H25F2N5O3S/c1-17-13-31-26(32-14-17)36-20-7-9-33(10-8-20)37(34,35)21-5-6-24(23(28)12-21)29-15-18-11-19-3-2-4-22(27)25(19)30-16-18/h2-6,11-14,16,20,29H,7-10,15H2,1H3. The van der Waals surface area contributed by atoms with Gasteiger partial charge in [-0.1, -0.05) is 12.1 Å². The summed E-state index contributed by atoms with van der Waals surface area (Å²) >= 11 is 0. The van der Waals surface area contributed by atoms with Crippen LogP contribution in [0.2, 0.25) is 0 Å². The lowest BCUT2D eigenvalue weighted by atomic mass is 10.1. The van der Waals surface area contributed by atoms with E-state index < -0.39 is 21.7 Å². The average molecular weight is 526 g/mol. The highest BCUT2D eigenvalue weighted by molar-refractivity contribution is 7.89. The van der Waals surface area contributed by atoms with Crippen molar-refractivity contribution in [2.45, 2.75) is 37.3 Å². The maximum Gasteiger partial charge on any atom is 0.316 e. The van der Waals surface area contributed by atoms with Crippen LogP contribution in [-0.4, -0.2) is 46.9 Å². The van der Waals surface area contributed by atoms with Gasteiger partial charge in [0.15, 0.2) is 0 Å². The van der Waals surface area contributed by atoms with Crippen molar-refractivity contribution in [3.8, 4) is 6.01 Å². The van der Waals surface area contributed by atoms with E-state index in [1.807, 2.05) is 6.92 Å². The molecule has 37 heavy (non-hydrogen) atoms. The SMILES string of the molecule is Cc1cnc(OC2CCN(S(=O)(=O)c3ccc(NCc4cnc5c(F)cccc5c4)c(F)c3)CC2)nc1. The highest BCUT2D eigenvalue weighted by Gasteiger charge is 2.31. The van der Waals surface area contributed by atoms with E-state index in [9.17, 15) is 17.2 Å². The van der Waals surface area contributed by atoms with Gasteiger partial charge in [-0.25, -0.2) is 27.2 Å². The number of para-hydroxylation sites is 1. The van der Waals surface area contributed by atoms with Gasteiger partial charge in [0, 0.05) is 43.6 Å². The van der Waals surface area contributed by atoms with Crippen LogP contribution in [0.4, 0.5) is 14.5 Å². The first-order valence-electron chi connectivity index (χ1n) is 11.8. The average Bonchev–Trinajstić information content (AvgIpc) is 2.89. The summed E-state index contributed by atoms with van der Waals surface area (Å²) in [5.74, 6) is -1.09. The normalized spacial score (nSPS) is 15.1. The highest BCUT2D eigenvalue weighted by Crippen LogP contribution is 2.26. The van der Waals surface area contributed by atoms with Gasteiger partial charge in [-0.2, -0.15) is 4.31 Å². The second kappa shape index (κ2) is 10.3. The molecule has 11 heteroatoms. The number of benzene rings is 2. The molecule has 4 aromatic rings. The number of halogens is 2. The molecule has 0 unspecified atom stereocenters. The van der Waals surface area contributed by atoms with Gasteiger partial charge in [-0.05, 0) is 61.2 Å². The number of ether oxygens (including phenoxy) is 1. The van der Waals surface area contributed by atoms with Crippen molar-refractivity contribution >= 4 is 26.6 Å². The second-order valence-corrected chi connectivity index (χ2v) is 10.9. The Labute approximate surface area is 213 Å². The van der Waals surface area contributed by atoms with Gasteiger partial charge >= 0.3 is 6.01 Å². The fourth-order valence-electron chi connectivity index (χ4n) is 4.19. The van der Waals surface area contributed by atoms with Crippen molar-refractivity contribution in [2.24, 2.45) is 0 Å². The van der Waals surface area contributed by atoms with Crippen molar-refractivity contribution in [3.05, 3.63) is 83.8 Å². The lowest BCUT2D eigenvalue weighted by Crippen LogP contribution is -2.41. The maximum absolute atomic E-state index is 14.8. The number of nitrogens with zero attached hydrogens (tertiary/aromatic N) is 4. The number of hydrogen-bond acceptors (Lipinski definition) is 7. The number of pyridine rings is 1. The van der Waals surface area contributed by atoms with Crippen LogP contribution in [0.15, 0.2) is 66.0 Å². The highest BCUT2D eigenvalue weighted by atomic mass is 32.2. The Balaban J connectivity index is 1.21. The molecule has 0 atom stereocenters. The van der Waals surface area contributed by atoms with Crippen LogP contribution >= 0.6 is 0 Å². The molecule has 1 saturated heterocycles. The van der Waals surface area contributed by atoms with Crippen molar-refractivity contribution in [3.63, 3.8) is 0 Å². The van der Waals surface area contributed by atoms with E-state index in [1.165, 1.54) is 28.7 Å². The van der Waals surface area contributed by atoms with Crippen molar-refractivity contribution in [1.29, 1.82) is 0 Å². The first kappa shape index (κ1) is 25.0. The summed E-state index contributed by atoms with van der Waals surface area (Å²) in [5.41, 5.74) is 2.08. The molecule has 0 saturated carbocycles. The number of nitrogens with one attached hydrogen (secondary N) is 1. The molecule has 8 nitrogen and oxygen atoms in total. The third-order valence-corrected chi connectivity index (χ3v) is 8.10. The molecule has 192 valence electrons. The lowest BCUT2D eigenvalue weighted by molar-refractivity contribution is 0.124. The van der Waals surface area contributed by atoms with Crippen molar-refractivity contribution < 1.29 is 21.9 Å². The lowest BCUT2D eigenvalue weighted by Gasteiger charge is -2.30. The molecule has 2 aromatic carbocycles. The van der Waals surface area contributed by atoms with Crippen LogP contribution in [0.3, 0.4) is 0 Å². The van der Waals surface area contributed by atoms with Gasteiger partial charge in [0.2, 0.25) is 10.0 Å². The summed E-state index contributed by atoms with van der Waals surface area (Å²) in [7, 11) is -3.87. The first-order valence-corrected chi connectivity index (χ1v) is 13.3. The van der Waals surface area contributed by atoms with E-state index in [4.69, 9.17) is 4.74 Å². The van der Waals surface area contributed by atoms with E-state index in [1.54, 1.807) is 30.6 Å². The van der Waals surface area contributed by atoms with Gasteiger partial charge in [0.05, 0.1) is 10.6 Å². The van der Waals surface area contributed by atoms with E-state index in [0.717, 1.165) is 17.2 Å². The molecular formula is C26H25F2N5O3S. The van der Waals surface area contributed by atoms with Crippen molar-refractivity contribution in [1.82, 2.24) is 19.3 Å². The monoisotopic (exact) mass is 525 g/mol. The fraction of sp³-hybridized carbons (Fsp3) is 0.269. The predicted octanol–water partition coefficient (Wildman–Crippen LogP) is 4.46. The molecule has 1 fully saturated rings. The summed E-state index contributed by atoms with van der Waals surface area (Å²) in [5, 5.41) is 3.59. The molecule has 0 bridgehead atoms. The molecule has 1 aliphatic heterocycles. The summed E-state index contributed by atoms with van der Waals surface area (Å²) in [6.45, 7) is 2.61. The molecule has 0 amide bonds. The largest absolute Gasteiger partial charge is 0.460 e. The third kappa shape index (κ3) is 5.52.